The molecule has 1 rings (SSSR count). The maximum Gasteiger partial charge on any atom is 0.321 e. The molecule has 1 aromatic heterocycles. The van der Waals surface area contributed by atoms with Crippen LogP contribution < -0.4 is 10.6 Å². The van der Waals surface area contributed by atoms with Gasteiger partial charge >= 0.3 is 6.03 Å². The monoisotopic (exact) mass is 241 g/mol. The summed E-state index contributed by atoms with van der Waals surface area (Å²) in [6.45, 7) is 3.60. The number of nitrogens with one attached hydrogen (secondary N) is 2. The zero-order valence-corrected chi connectivity index (χ0v) is 9.67. The molecule has 1 atom stereocenters. The number of aliphatic hydroxyl groups excluding tert-OH is 1. The molecule has 0 spiro atoms. The van der Waals surface area contributed by atoms with Crippen LogP contribution in [0.2, 0.25) is 0 Å². The van der Waals surface area contributed by atoms with E-state index in [0.717, 1.165) is 0 Å². The zero-order valence-electron chi connectivity index (χ0n) is 9.67. The minimum atomic E-state index is -0.741. The minimum absolute atomic E-state index is 0.128. The van der Waals surface area contributed by atoms with Crippen LogP contribution in [0.3, 0.4) is 0 Å². The summed E-state index contributed by atoms with van der Waals surface area (Å²) < 4.78 is 1.25. The quantitative estimate of drug-likeness (QED) is 0.638. The number of imide groups is 1. The molecule has 1 unspecified atom stereocenters. The summed E-state index contributed by atoms with van der Waals surface area (Å²) in [5, 5.41) is 21.1. The van der Waals surface area contributed by atoms with Gasteiger partial charge in [-0.05, 0) is 13.8 Å². The number of aromatic nitrogens is 3. The number of carbonyl (C=O) groups excluding carboxylic acids is 2. The van der Waals surface area contributed by atoms with E-state index in [1.807, 2.05) is 0 Å². The molecule has 0 aliphatic carbocycles. The Morgan fingerprint density at radius 2 is 2.29 bits per heavy atom. The van der Waals surface area contributed by atoms with Crippen molar-refractivity contribution >= 4 is 11.9 Å². The number of carbonyl (C=O) groups is 2. The summed E-state index contributed by atoms with van der Waals surface area (Å²) in [7, 11) is 0. The molecule has 94 valence electrons. The first-order chi connectivity index (χ1) is 8.02. The first-order valence-corrected chi connectivity index (χ1v) is 5.18. The summed E-state index contributed by atoms with van der Waals surface area (Å²) in [6, 6.07) is -0.548. The second-order valence-electron chi connectivity index (χ2n) is 3.42. The first kappa shape index (κ1) is 13.1. The van der Waals surface area contributed by atoms with Crippen LogP contribution in [0.1, 0.15) is 25.6 Å². The van der Waals surface area contributed by atoms with Gasteiger partial charge in [-0.15, -0.1) is 5.10 Å². The van der Waals surface area contributed by atoms with Crippen LogP contribution >= 0.6 is 0 Å². The molecule has 0 saturated heterocycles. The lowest BCUT2D eigenvalue weighted by molar-refractivity contribution is -0.120. The molecule has 0 bridgehead atoms. The average molecular weight is 241 g/mol. The van der Waals surface area contributed by atoms with Crippen LogP contribution in [0.4, 0.5) is 4.79 Å². The first-order valence-electron chi connectivity index (χ1n) is 5.18. The third-order valence-corrected chi connectivity index (χ3v) is 1.88. The Bertz CT molecular complexity index is 401. The fourth-order valence-corrected chi connectivity index (χ4v) is 1.10. The van der Waals surface area contributed by atoms with E-state index >= 15 is 0 Å². The molecule has 0 saturated carbocycles. The molecular weight excluding hydrogens is 226 g/mol. The summed E-state index contributed by atoms with van der Waals surface area (Å²) in [5.74, 6) is -0.502. The van der Waals surface area contributed by atoms with Gasteiger partial charge in [-0.25, -0.2) is 9.48 Å². The van der Waals surface area contributed by atoms with Gasteiger partial charge in [-0.1, -0.05) is 5.21 Å². The van der Waals surface area contributed by atoms with E-state index in [-0.39, 0.29) is 6.54 Å². The Balaban J connectivity index is 2.47. The summed E-state index contributed by atoms with van der Waals surface area (Å²) in [4.78, 5) is 22.4. The van der Waals surface area contributed by atoms with Crippen LogP contribution in [0.25, 0.3) is 0 Å². The Hall–Kier alpha value is -1.96. The predicted molar refractivity (Wildman–Crippen MR) is 57.9 cm³/mol. The number of rotatable bonds is 4. The Morgan fingerprint density at radius 1 is 1.59 bits per heavy atom. The molecule has 17 heavy (non-hydrogen) atoms. The zero-order chi connectivity index (χ0) is 12.8. The van der Waals surface area contributed by atoms with Gasteiger partial charge in [0.05, 0.1) is 12.3 Å². The van der Waals surface area contributed by atoms with E-state index in [0.29, 0.717) is 12.2 Å². The molecule has 0 aromatic carbocycles. The van der Waals surface area contributed by atoms with Gasteiger partial charge in [0.2, 0.25) is 5.91 Å². The van der Waals surface area contributed by atoms with E-state index in [1.54, 1.807) is 13.8 Å². The third kappa shape index (κ3) is 4.19. The van der Waals surface area contributed by atoms with E-state index in [9.17, 15) is 14.7 Å². The summed E-state index contributed by atoms with van der Waals surface area (Å²) in [5.41, 5.74) is 0.371. The lowest BCUT2D eigenvalue weighted by Gasteiger charge is -2.03. The van der Waals surface area contributed by atoms with Crippen molar-refractivity contribution in [2.75, 3.05) is 6.54 Å². The molecule has 1 aromatic rings. The lowest BCUT2D eigenvalue weighted by Crippen LogP contribution is -2.40. The maximum absolute atomic E-state index is 11.4. The van der Waals surface area contributed by atoms with Crippen LogP contribution in [0.15, 0.2) is 6.20 Å². The van der Waals surface area contributed by atoms with Crippen molar-refractivity contribution in [1.29, 1.82) is 0 Å². The van der Waals surface area contributed by atoms with Crippen LogP contribution in [-0.2, 0) is 11.3 Å². The second-order valence-corrected chi connectivity index (χ2v) is 3.42. The van der Waals surface area contributed by atoms with Gasteiger partial charge < -0.3 is 10.4 Å². The largest absolute Gasteiger partial charge is 0.387 e. The summed E-state index contributed by atoms with van der Waals surface area (Å²) in [6.07, 6.45) is 0.706. The van der Waals surface area contributed by atoms with Gasteiger partial charge in [-0.3, -0.25) is 10.1 Å². The van der Waals surface area contributed by atoms with Crippen molar-refractivity contribution in [1.82, 2.24) is 25.6 Å². The van der Waals surface area contributed by atoms with Crippen molar-refractivity contribution in [3.8, 4) is 0 Å². The molecule has 0 aliphatic rings. The van der Waals surface area contributed by atoms with E-state index in [2.05, 4.69) is 20.9 Å². The number of hydrogen-bond donors (Lipinski definition) is 3. The third-order valence-electron chi connectivity index (χ3n) is 1.88. The minimum Gasteiger partial charge on any atom is -0.387 e. The molecule has 0 aliphatic heterocycles. The normalized spacial score (nSPS) is 11.9. The molecule has 8 nitrogen and oxygen atoms in total. The van der Waals surface area contributed by atoms with Gasteiger partial charge in [0, 0.05) is 6.54 Å². The lowest BCUT2D eigenvalue weighted by atomic mass is 10.3. The van der Waals surface area contributed by atoms with Crippen molar-refractivity contribution in [3.63, 3.8) is 0 Å². The summed E-state index contributed by atoms with van der Waals surface area (Å²) >= 11 is 0. The van der Waals surface area contributed by atoms with Gasteiger partial charge in [0.15, 0.2) is 0 Å². The van der Waals surface area contributed by atoms with Gasteiger partial charge in [0.1, 0.15) is 12.2 Å². The van der Waals surface area contributed by atoms with Crippen molar-refractivity contribution in [2.24, 2.45) is 0 Å². The van der Waals surface area contributed by atoms with Crippen LogP contribution in [0.5, 0.6) is 0 Å². The number of aliphatic hydroxyl groups is 1. The van der Waals surface area contributed by atoms with Crippen molar-refractivity contribution < 1.29 is 14.7 Å². The van der Waals surface area contributed by atoms with Gasteiger partial charge in [0.25, 0.3) is 0 Å². The maximum atomic E-state index is 11.4. The SMILES string of the molecule is CCNC(=O)NC(=O)Cn1cc(C(C)O)nn1. The topological polar surface area (TPSA) is 109 Å². The standard InChI is InChI=1S/C9H15N5O3/c1-3-10-9(17)11-8(16)5-14-4-7(6(2)15)12-13-14/h4,6,15H,3,5H2,1-2H3,(H2,10,11,16,17). The van der Waals surface area contributed by atoms with Gasteiger partial charge in [-0.2, -0.15) is 0 Å². The smallest absolute Gasteiger partial charge is 0.321 e. The van der Waals surface area contributed by atoms with E-state index in [4.69, 9.17) is 0 Å². The van der Waals surface area contributed by atoms with E-state index in [1.165, 1.54) is 10.9 Å². The molecule has 0 fully saturated rings. The highest BCUT2D eigenvalue weighted by molar-refractivity contribution is 5.94. The Kier molecular flexibility index (Phi) is 4.58. The molecule has 3 amide bonds. The molecular formula is C9H15N5O3. The average Bonchev–Trinajstić information content (AvgIpc) is 2.66. The van der Waals surface area contributed by atoms with Crippen molar-refractivity contribution in [2.45, 2.75) is 26.5 Å². The van der Waals surface area contributed by atoms with E-state index < -0.39 is 18.0 Å². The second kappa shape index (κ2) is 5.94. The van der Waals surface area contributed by atoms with Crippen molar-refractivity contribution in [3.05, 3.63) is 11.9 Å². The Labute approximate surface area is 98.0 Å². The van der Waals surface area contributed by atoms with Crippen LogP contribution in [-0.4, -0.2) is 38.6 Å². The Morgan fingerprint density at radius 3 is 2.82 bits per heavy atom. The number of hydrogen-bond acceptors (Lipinski definition) is 5. The molecule has 0 radical (unpaired) electrons. The fourth-order valence-electron chi connectivity index (χ4n) is 1.10. The van der Waals surface area contributed by atoms with Crippen LogP contribution in [0, 0.1) is 0 Å². The molecule has 3 N–H and O–H groups in total. The highest BCUT2D eigenvalue weighted by Crippen LogP contribution is 2.05. The predicted octanol–water partition coefficient (Wildman–Crippen LogP) is -0.823. The number of nitrogens with zero attached hydrogens (tertiary/aromatic N) is 3. The highest BCUT2D eigenvalue weighted by Gasteiger charge is 2.10. The fraction of sp³-hybridized carbons (Fsp3) is 0.556. The molecule has 8 heteroatoms. The molecule has 1 heterocycles. The highest BCUT2D eigenvalue weighted by atomic mass is 16.3. The number of amides is 3. The number of urea groups is 1.